The molecule has 0 aliphatic carbocycles. The van der Waals surface area contributed by atoms with Gasteiger partial charge < -0.3 is 16.0 Å². The summed E-state index contributed by atoms with van der Waals surface area (Å²) in [5.41, 5.74) is 1.30. The number of nitrogens with zero attached hydrogens (tertiary/aromatic N) is 1. The Bertz CT molecular complexity index is 1790. The van der Waals surface area contributed by atoms with Crippen molar-refractivity contribution in [1.29, 1.82) is 0 Å². The van der Waals surface area contributed by atoms with Crippen LogP contribution in [-0.4, -0.2) is 28.0 Å². The third kappa shape index (κ3) is 7.66. The minimum atomic E-state index is -0.688. The van der Waals surface area contributed by atoms with E-state index in [0.29, 0.717) is 16.4 Å². The highest BCUT2D eigenvalue weighted by molar-refractivity contribution is 8.00. The topological polar surface area (TPSA) is 100 Å². The van der Waals surface area contributed by atoms with E-state index in [0.717, 1.165) is 15.1 Å². The number of halogens is 2. The fraction of sp³-hybridized carbons (Fsp3) is 0.0625. The molecule has 0 aliphatic rings. The number of hydrogen-bond donors (Lipinski definition) is 3. The molecule has 0 bridgehead atoms. The molecule has 1 aromatic heterocycles. The molecule has 4 aromatic carbocycles. The fourth-order valence-electron chi connectivity index (χ4n) is 3.97. The van der Waals surface area contributed by atoms with Crippen LogP contribution in [0.1, 0.15) is 22.8 Å². The Hall–Kier alpha value is -4.51. The Morgan fingerprint density at radius 1 is 0.930 bits per heavy atom. The summed E-state index contributed by atoms with van der Waals surface area (Å²) in [6.45, 7) is 1.77. The van der Waals surface area contributed by atoms with Crippen molar-refractivity contribution < 1.29 is 18.8 Å². The van der Waals surface area contributed by atoms with Crippen molar-refractivity contribution >= 4 is 79.5 Å². The maximum atomic E-state index is 14.6. The SMILES string of the molecule is CC(Sc1cccc(NC(=O)/C(=C\c2c(F)cccc2Cl)NC(=O)c2ccccc2)c1)C(=O)Nc1nc2ccccc2s1. The summed E-state index contributed by atoms with van der Waals surface area (Å²) in [7, 11) is 0. The Morgan fingerprint density at radius 2 is 1.67 bits per heavy atom. The number of fused-ring (bicyclic) bond motifs is 1. The molecule has 216 valence electrons. The molecule has 43 heavy (non-hydrogen) atoms. The zero-order chi connectivity index (χ0) is 30.3. The van der Waals surface area contributed by atoms with E-state index in [2.05, 4.69) is 20.9 Å². The van der Waals surface area contributed by atoms with Crippen molar-refractivity contribution in [3.63, 3.8) is 0 Å². The fourth-order valence-corrected chi connectivity index (χ4v) is 5.98. The van der Waals surface area contributed by atoms with Crippen molar-refractivity contribution in [2.24, 2.45) is 0 Å². The summed E-state index contributed by atoms with van der Waals surface area (Å²) in [6, 6.07) is 27.0. The normalized spacial score (nSPS) is 12.0. The van der Waals surface area contributed by atoms with Gasteiger partial charge in [-0.3, -0.25) is 14.4 Å². The number of hydrogen-bond acceptors (Lipinski definition) is 6. The summed E-state index contributed by atoms with van der Waals surface area (Å²) in [4.78, 5) is 44.3. The van der Waals surface area contributed by atoms with E-state index in [-0.39, 0.29) is 22.2 Å². The number of benzene rings is 4. The number of thiazole rings is 1. The van der Waals surface area contributed by atoms with Gasteiger partial charge in [-0.25, -0.2) is 9.37 Å². The molecule has 1 heterocycles. The van der Waals surface area contributed by atoms with Gasteiger partial charge in [0.2, 0.25) is 5.91 Å². The second kappa shape index (κ2) is 13.6. The molecule has 5 aromatic rings. The Kier molecular flexibility index (Phi) is 9.51. The van der Waals surface area contributed by atoms with E-state index < -0.39 is 22.9 Å². The van der Waals surface area contributed by atoms with Crippen molar-refractivity contribution in [3.8, 4) is 0 Å². The van der Waals surface area contributed by atoms with Crippen molar-refractivity contribution in [2.75, 3.05) is 10.6 Å². The maximum absolute atomic E-state index is 14.6. The number of rotatable bonds is 9. The number of carbonyl (C=O) groups excluding carboxylic acids is 3. The second-order valence-corrected chi connectivity index (χ2v) is 12.1. The van der Waals surface area contributed by atoms with Crippen LogP contribution in [0.4, 0.5) is 15.2 Å². The van der Waals surface area contributed by atoms with Gasteiger partial charge in [0.05, 0.1) is 20.5 Å². The van der Waals surface area contributed by atoms with Gasteiger partial charge in [0, 0.05) is 21.7 Å². The molecular formula is C32H24ClFN4O3S2. The zero-order valence-electron chi connectivity index (χ0n) is 22.6. The van der Waals surface area contributed by atoms with Crippen LogP contribution in [0.3, 0.4) is 0 Å². The van der Waals surface area contributed by atoms with Crippen molar-refractivity contribution in [3.05, 3.63) is 125 Å². The van der Waals surface area contributed by atoms with Crippen LogP contribution in [0.2, 0.25) is 5.02 Å². The summed E-state index contributed by atoms with van der Waals surface area (Å²) < 4.78 is 15.6. The van der Waals surface area contributed by atoms with Crippen LogP contribution in [0.5, 0.6) is 0 Å². The number of para-hydroxylation sites is 1. The monoisotopic (exact) mass is 630 g/mol. The molecule has 5 rings (SSSR count). The van der Waals surface area contributed by atoms with Crippen LogP contribution in [0.15, 0.2) is 108 Å². The van der Waals surface area contributed by atoms with Crippen LogP contribution in [-0.2, 0) is 9.59 Å². The molecule has 0 aliphatic heterocycles. The first-order valence-electron chi connectivity index (χ1n) is 13.0. The number of aromatic nitrogens is 1. The van der Waals surface area contributed by atoms with Crippen LogP contribution in [0.25, 0.3) is 16.3 Å². The van der Waals surface area contributed by atoms with Crippen LogP contribution < -0.4 is 16.0 Å². The maximum Gasteiger partial charge on any atom is 0.272 e. The molecule has 0 saturated heterocycles. The molecule has 0 saturated carbocycles. The molecule has 1 atom stereocenters. The number of thioether (sulfide) groups is 1. The highest BCUT2D eigenvalue weighted by Gasteiger charge is 2.19. The molecular weight excluding hydrogens is 607 g/mol. The van der Waals surface area contributed by atoms with Crippen LogP contribution in [0, 0.1) is 5.82 Å². The predicted molar refractivity (Wildman–Crippen MR) is 172 cm³/mol. The predicted octanol–water partition coefficient (Wildman–Crippen LogP) is 7.62. The molecule has 1 unspecified atom stereocenters. The van der Waals surface area contributed by atoms with Crippen molar-refractivity contribution in [1.82, 2.24) is 10.3 Å². The Morgan fingerprint density at radius 3 is 2.44 bits per heavy atom. The van der Waals surface area contributed by atoms with E-state index >= 15 is 0 Å². The lowest BCUT2D eigenvalue weighted by atomic mass is 10.1. The van der Waals surface area contributed by atoms with E-state index in [4.69, 9.17) is 11.6 Å². The third-order valence-corrected chi connectivity index (χ3v) is 8.49. The smallest absolute Gasteiger partial charge is 0.272 e. The first-order valence-corrected chi connectivity index (χ1v) is 15.1. The average Bonchev–Trinajstić information content (AvgIpc) is 3.41. The van der Waals surface area contributed by atoms with Gasteiger partial charge in [0.1, 0.15) is 11.5 Å². The van der Waals surface area contributed by atoms with Gasteiger partial charge in [-0.1, -0.05) is 65.4 Å². The number of carbonyl (C=O) groups is 3. The molecule has 3 N–H and O–H groups in total. The largest absolute Gasteiger partial charge is 0.321 e. The number of anilines is 2. The molecule has 11 heteroatoms. The third-order valence-electron chi connectivity index (χ3n) is 6.12. The second-order valence-electron chi connectivity index (χ2n) is 9.23. The molecule has 0 spiro atoms. The first kappa shape index (κ1) is 30.0. The highest BCUT2D eigenvalue weighted by Crippen LogP contribution is 2.29. The first-order chi connectivity index (χ1) is 20.8. The van der Waals surface area contributed by atoms with E-state index in [1.54, 1.807) is 55.5 Å². The highest BCUT2D eigenvalue weighted by atomic mass is 35.5. The summed E-state index contributed by atoms with van der Waals surface area (Å²) in [5, 5.41) is 8.31. The summed E-state index contributed by atoms with van der Waals surface area (Å²) >= 11 is 8.89. The van der Waals surface area contributed by atoms with E-state index in [9.17, 15) is 18.8 Å². The standard InChI is InChI=1S/C32H24ClFN4O3S2/c1-19(29(39)38-32-37-26-15-5-6-16-28(26)43-32)42-22-12-7-11-21(17-22)35-31(41)27(18-23-24(33)13-8-14-25(23)34)36-30(40)20-9-3-2-4-10-20/h2-19H,1H3,(H,35,41)(H,36,40)(H,37,38,39)/b27-18+. The van der Waals surface area contributed by atoms with Gasteiger partial charge in [-0.2, -0.15) is 0 Å². The van der Waals surface area contributed by atoms with Crippen LogP contribution >= 0.6 is 34.7 Å². The van der Waals surface area contributed by atoms with Crippen molar-refractivity contribution in [2.45, 2.75) is 17.1 Å². The Balaban J connectivity index is 1.31. The number of nitrogens with one attached hydrogen (secondary N) is 3. The zero-order valence-corrected chi connectivity index (χ0v) is 25.0. The van der Waals surface area contributed by atoms with Gasteiger partial charge in [-0.05, 0) is 67.6 Å². The lowest BCUT2D eigenvalue weighted by Crippen LogP contribution is -2.30. The summed E-state index contributed by atoms with van der Waals surface area (Å²) in [6.07, 6.45) is 1.20. The lowest BCUT2D eigenvalue weighted by Gasteiger charge is -2.14. The average molecular weight is 631 g/mol. The molecule has 7 nitrogen and oxygen atoms in total. The lowest BCUT2D eigenvalue weighted by molar-refractivity contribution is -0.115. The Labute approximate surface area is 260 Å². The van der Waals surface area contributed by atoms with Gasteiger partial charge in [0.15, 0.2) is 5.13 Å². The summed E-state index contributed by atoms with van der Waals surface area (Å²) in [5.74, 6) is -2.10. The minimum Gasteiger partial charge on any atom is -0.321 e. The molecule has 0 radical (unpaired) electrons. The van der Waals surface area contributed by atoms with Gasteiger partial charge in [0.25, 0.3) is 11.8 Å². The minimum absolute atomic E-state index is 0.0417. The van der Waals surface area contributed by atoms with E-state index in [1.807, 2.05) is 30.3 Å². The molecule has 3 amide bonds. The van der Waals surface area contributed by atoms with Gasteiger partial charge >= 0.3 is 0 Å². The number of amides is 3. The quantitative estimate of drug-likeness (QED) is 0.115. The van der Waals surface area contributed by atoms with E-state index in [1.165, 1.54) is 47.4 Å². The molecule has 0 fully saturated rings. The van der Waals surface area contributed by atoms with Gasteiger partial charge in [-0.15, -0.1) is 11.8 Å².